The summed E-state index contributed by atoms with van der Waals surface area (Å²) < 4.78 is 2.07. The Morgan fingerprint density at radius 1 is 1.39 bits per heavy atom. The SMILES string of the molecule is CCc1nn2c3c(nc2s1)CCN(CC(C)C)C3. The third-order valence-electron chi connectivity index (χ3n) is 3.39. The van der Waals surface area contributed by atoms with E-state index in [1.807, 2.05) is 0 Å². The number of fused-ring (bicyclic) bond motifs is 3. The van der Waals surface area contributed by atoms with E-state index < -0.39 is 0 Å². The van der Waals surface area contributed by atoms with Gasteiger partial charge in [0.15, 0.2) is 0 Å². The Labute approximate surface area is 112 Å². The molecule has 0 saturated carbocycles. The van der Waals surface area contributed by atoms with Crippen LogP contribution in [0.1, 0.15) is 37.2 Å². The maximum absolute atomic E-state index is 4.73. The summed E-state index contributed by atoms with van der Waals surface area (Å²) in [5.41, 5.74) is 2.57. The zero-order chi connectivity index (χ0) is 12.7. The maximum Gasteiger partial charge on any atom is 0.212 e. The van der Waals surface area contributed by atoms with Gasteiger partial charge in [-0.1, -0.05) is 32.1 Å². The summed E-state index contributed by atoms with van der Waals surface area (Å²) in [5.74, 6) is 0.719. The average molecular weight is 264 g/mol. The Morgan fingerprint density at radius 2 is 2.22 bits per heavy atom. The highest BCUT2D eigenvalue weighted by Gasteiger charge is 2.23. The molecule has 3 heterocycles. The normalized spacial score (nSPS) is 16.7. The van der Waals surface area contributed by atoms with Crippen LogP contribution in [0.5, 0.6) is 0 Å². The zero-order valence-corrected chi connectivity index (χ0v) is 12.1. The van der Waals surface area contributed by atoms with Crippen LogP contribution in [-0.2, 0) is 19.4 Å². The molecule has 0 fully saturated rings. The Hall–Kier alpha value is -0.940. The summed E-state index contributed by atoms with van der Waals surface area (Å²) in [5, 5.41) is 5.85. The summed E-state index contributed by atoms with van der Waals surface area (Å²) in [7, 11) is 0. The standard InChI is InChI=1S/C13H20N4S/c1-4-12-15-17-11-8-16(7-9(2)3)6-5-10(11)14-13(17)18-12/h9H,4-8H2,1-3H3. The van der Waals surface area contributed by atoms with Crippen molar-refractivity contribution in [1.82, 2.24) is 19.5 Å². The van der Waals surface area contributed by atoms with Crippen LogP contribution < -0.4 is 0 Å². The molecule has 18 heavy (non-hydrogen) atoms. The molecule has 5 heteroatoms. The van der Waals surface area contributed by atoms with E-state index in [4.69, 9.17) is 4.98 Å². The van der Waals surface area contributed by atoms with Crippen molar-refractivity contribution < 1.29 is 0 Å². The van der Waals surface area contributed by atoms with Crippen molar-refractivity contribution in [3.63, 3.8) is 0 Å². The first kappa shape index (κ1) is 12.1. The van der Waals surface area contributed by atoms with Gasteiger partial charge in [0.2, 0.25) is 4.96 Å². The van der Waals surface area contributed by atoms with Crippen molar-refractivity contribution in [1.29, 1.82) is 0 Å². The summed E-state index contributed by atoms with van der Waals surface area (Å²) in [4.78, 5) is 8.32. The quantitative estimate of drug-likeness (QED) is 0.853. The number of imidazole rings is 1. The van der Waals surface area contributed by atoms with Crippen LogP contribution in [0.3, 0.4) is 0 Å². The summed E-state index contributed by atoms with van der Waals surface area (Å²) in [6.07, 6.45) is 2.07. The second-order valence-corrected chi connectivity index (χ2v) is 6.47. The molecule has 0 atom stereocenters. The molecule has 0 bridgehead atoms. The monoisotopic (exact) mass is 264 g/mol. The lowest BCUT2D eigenvalue weighted by Crippen LogP contribution is -2.34. The van der Waals surface area contributed by atoms with Gasteiger partial charge in [0.05, 0.1) is 11.4 Å². The fraction of sp³-hybridized carbons (Fsp3) is 0.692. The smallest absolute Gasteiger partial charge is 0.212 e. The molecule has 0 amide bonds. The second-order valence-electron chi connectivity index (χ2n) is 5.43. The van der Waals surface area contributed by atoms with Crippen molar-refractivity contribution in [2.24, 2.45) is 5.92 Å². The molecule has 4 nitrogen and oxygen atoms in total. The van der Waals surface area contributed by atoms with Gasteiger partial charge in [0.1, 0.15) is 5.01 Å². The van der Waals surface area contributed by atoms with Crippen molar-refractivity contribution in [3.8, 4) is 0 Å². The zero-order valence-electron chi connectivity index (χ0n) is 11.3. The third kappa shape index (κ3) is 2.06. The van der Waals surface area contributed by atoms with Gasteiger partial charge in [0.25, 0.3) is 0 Å². The van der Waals surface area contributed by atoms with Gasteiger partial charge in [-0.15, -0.1) is 0 Å². The number of aryl methyl sites for hydroxylation is 1. The first-order valence-corrected chi connectivity index (χ1v) is 7.57. The molecule has 98 valence electrons. The molecule has 0 saturated heterocycles. The van der Waals surface area contributed by atoms with Gasteiger partial charge < -0.3 is 0 Å². The molecular weight excluding hydrogens is 244 g/mol. The van der Waals surface area contributed by atoms with Gasteiger partial charge in [-0.2, -0.15) is 5.10 Å². The van der Waals surface area contributed by atoms with Crippen LogP contribution >= 0.6 is 11.3 Å². The van der Waals surface area contributed by atoms with Crippen molar-refractivity contribution in [2.45, 2.75) is 40.2 Å². The molecule has 3 rings (SSSR count). The van der Waals surface area contributed by atoms with Gasteiger partial charge in [-0.05, 0) is 12.3 Å². The minimum atomic E-state index is 0.719. The minimum Gasteiger partial charge on any atom is -0.297 e. The first-order chi connectivity index (χ1) is 8.67. The largest absolute Gasteiger partial charge is 0.297 e. The number of hydrogen-bond donors (Lipinski definition) is 0. The highest BCUT2D eigenvalue weighted by atomic mass is 32.1. The Morgan fingerprint density at radius 3 is 2.94 bits per heavy atom. The van der Waals surface area contributed by atoms with E-state index >= 15 is 0 Å². The van der Waals surface area contributed by atoms with E-state index in [1.54, 1.807) is 11.3 Å². The number of nitrogens with zero attached hydrogens (tertiary/aromatic N) is 4. The Balaban J connectivity index is 1.92. The van der Waals surface area contributed by atoms with Crippen molar-refractivity contribution in [3.05, 3.63) is 16.4 Å². The fourth-order valence-electron chi connectivity index (χ4n) is 2.60. The van der Waals surface area contributed by atoms with E-state index in [1.165, 1.54) is 16.4 Å². The summed E-state index contributed by atoms with van der Waals surface area (Å²) in [6.45, 7) is 10.0. The van der Waals surface area contributed by atoms with E-state index in [0.717, 1.165) is 43.4 Å². The van der Waals surface area contributed by atoms with Crippen LogP contribution in [0.4, 0.5) is 0 Å². The molecule has 2 aromatic rings. The molecule has 0 unspecified atom stereocenters. The van der Waals surface area contributed by atoms with Crippen LogP contribution in [0.2, 0.25) is 0 Å². The fourth-order valence-corrected chi connectivity index (χ4v) is 3.47. The van der Waals surface area contributed by atoms with E-state index in [0.29, 0.717) is 0 Å². The lowest BCUT2D eigenvalue weighted by atomic mass is 10.1. The molecule has 0 aliphatic carbocycles. The lowest BCUT2D eigenvalue weighted by molar-refractivity contribution is 0.221. The minimum absolute atomic E-state index is 0.719. The van der Waals surface area contributed by atoms with Crippen molar-refractivity contribution >= 4 is 16.3 Å². The molecule has 1 aliphatic rings. The molecular formula is C13H20N4S. The molecule has 0 spiro atoms. The predicted octanol–water partition coefficient (Wildman–Crippen LogP) is 2.37. The van der Waals surface area contributed by atoms with Crippen LogP contribution in [-0.4, -0.2) is 32.6 Å². The van der Waals surface area contributed by atoms with E-state index in [9.17, 15) is 0 Å². The second kappa shape index (κ2) is 4.63. The number of aromatic nitrogens is 3. The van der Waals surface area contributed by atoms with Gasteiger partial charge >= 0.3 is 0 Å². The van der Waals surface area contributed by atoms with E-state index in [2.05, 4.69) is 35.3 Å². The topological polar surface area (TPSA) is 33.4 Å². The van der Waals surface area contributed by atoms with Crippen LogP contribution in [0.25, 0.3) is 4.96 Å². The predicted molar refractivity (Wildman–Crippen MR) is 74.1 cm³/mol. The summed E-state index contributed by atoms with van der Waals surface area (Å²) >= 11 is 1.73. The molecule has 0 radical (unpaired) electrons. The van der Waals surface area contributed by atoms with Gasteiger partial charge in [-0.3, -0.25) is 4.90 Å². The lowest BCUT2D eigenvalue weighted by Gasteiger charge is -2.27. The van der Waals surface area contributed by atoms with Crippen LogP contribution in [0.15, 0.2) is 0 Å². The number of rotatable bonds is 3. The highest BCUT2D eigenvalue weighted by molar-refractivity contribution is 7.16. The summed E-state index contributed by atoms with van der Waals surface area (Å²) in [6, 6.07) is 0. The molecule has 0 aromatic carbocycles. The van der Waals surface area contributed by atoms with Gasteiger partial charge in [-0.25, -0.2) is 9.50 Å². The van der Waals surface area contributed by atoms with Crippen LogP contribution in [0, 0.1) is 5.92 Å². The first-order valence-electron chi connectivity index (χ1n) is 6.76. The highest BCUT2D eigenvalue weighted by Crippen LogP contribution is 2.24. The Bertz CT molecular complexity index is 555. The number of hydrogen-bond acceptors (Lipinski definition) is 4. The van der Waals surface area contributed by atoms with Gasteiger partial charge in [0, 0.05) is 26.1 Å². The molecule has 0 N–H and O–H groups in total. The molecule has 1 aliphatic heterocycles. The average Bonchev–Trinajstić information content (AvgIpc) is 2.85. The third-order valence-corrected chi connectivity index (χ3v) is 4.44. The van der Waals surface area contributed by atoms with Crippen molar-refractivity contribution in [2.75, 3.05) is 13.1 Å². The Kier molecular flexibility index (Phi) is 3.11. The molecule has 2 aromatic heterocycles. The van der Waals surface area contributed by atoms with E-state index in [-0.39, 0.29) is 0 Å². The maximum atomic E-state index is 4.73.